The third-order valence-corrected chi connectivity index (χ3v) is 1.29. The van der Waals surface area contributed by atoms with E-state index in [1.807, 2.05) is 0 Å². The second-order valence-corrected chi connectivity index (χ2v) is 2.44. The lowest BCUT2D eigenvalue weighted by Gasteiger charge is -2.17. The van der Waals surface area contributed by atoms with Crippen LogP contribution >= 0.6 is 0 Å². The predicted molar refractivity (Wildman–Crippen MR) is 38.0 cm³/mol. The molecule has 0 rings (SSSR count). The quantitative estimate of drug-likeness (QED) is 0.537. The third-order valence-electron chi connectivity index (χ3n) is 1.29. The lowest BCUT2D eigenvalue weighted by Crippen LogP contribution is -2.30. The molecule has 0 atom stereocenters. The standard InChI is InChI=1S/C7H10F4O3/c1-3-6(8,9)13-5(12)14-7(10,11)4-2/h3-4H2,1-2H3. The van der Waals surface area contributed by atoms with Crippen molar-refractivity contribution in [1.29, 1.82) is 0 Å². The van der Waals surface area contributed by atoms with Gasteiger partial charge in [0.2, 0.25) is 0 Å². The van der Waals surface area contributed by atoms with Crippen LogP contribution in [0.25, 0.3) is 0 Å². The topological polar surface area (TPSA) is 35.5 Å². The van der Waals surface area contributed by atoms with Crippen molar-refractivity contribution in [2.75, 3.05) is 0 Å². The highest BCUT2D eigenvalue weighted by molar-refractivity contribution is 5.60. The molecule has 0 spiro atoms. The highest BCUT2D eigenvalue weighted by Crippen LogP contribution is 2.24. The fourth-order valence-corrected chi connectivity index (χ4v) is 0.409. The van der Waals surface area contributed by atoms with E-state index in [-0.39, 0.29) is 0 Å². The molecule has 0 aromatic carbocycles. The number of alkyl halides is 4. The molecule has 3 nitrogen and oxygen atoms in total. The minimum atomic E-state index is -3.78. The van der Waals surface area contributed by atoms with Crippen molar-refractivity contribution >= 4 is 6.16 Å². The van der Waals surface area contributed by atoms with Gasteiger partial charge in [-0.1, -0.05) is 13.8 Å². The fourth-order valence-electron chi connectivity index (χ4n) is 0.409. The maximum atomic E-state index is 12.3. The van der Waals surface area contributed by atoms with E-state index in [2.05, 4.69) is 9.47 Å². The summed E-state index contributed by atoms with van der Waals surface area (Å²) in [5.41, 5.74) is 0. The summed E-state index contributed by atoms with van der Waals surface area (Å²) in [6.45, 7) is 2.07. The van der Waals surface area contributed by atoms with Gasteiger partial charge in [-0.25, -0.2) is 4.79 Å². The Kier molecular flexibility index (Phi) is 4.15. The highest BCUT2D eigenvalue weighted by atomic mass is 19.3. The number of ether oxygens (including phenoxy) is 2. The van der Waals surface area contributed by atoms with Gasteiger partial charge in [0.15, 0.2) is 0 Å². The van der Waals surface area contributed by atoms with Gasteiger partial charge in [-0.3, -0.25) is 0 Å². The highest BCUT2D eigenvalue weighted by Gasteiger charge is 2.38. The van der Waals surface area contributed by atoms with Gasteiger partial charge in [0.1, 0.15) is 0 Å². The Hall–Kier alpha value is -1.01. The zero-order valence-electron chi connectivity index (χ0n) is 7.65. The monoisotopic (exact) mass is 218 g/mol. The molecule has 0 aliphatic rings. The summed E-state index contributed by atoms with van der Waals surface area (Å²) >= 11 is 0. The van der Waals surface area contributed by atoms with Gasteiger partial charge in [-0.05, 0) is 0 Å². The number of hydrogen-bond donors (Lipinski definition) is 0. The van der Waals surface area contributed by atoms with Crippen LogP contribution in [0.1, 0.15) is 26.7 Å². The van der Waals surface area contributed by atoms with E-state index < -0.39 is 31.2 Å². The molecule has 0 saturated carbocycles. The summed E-state index contributed by atoms with van der Waals surface area (Å²) in [4.78, 5) is 10.4. The molecule has 0 bridgehead atoms. The first-order valence-electron chi connectivity index (χ1n) is 3.90. The van der Waals surface area contributed by atoms with E-state index in [0.717, 1.165) is 13.8 Å². The maximum Gasteiger partial charge on any atom is 0.517 e. The molecule has 0 saturated heterocycles. The summed E-state index contributed by atoms with van der Waals surface area (Å²) < 4.78 is 56.0. The smallest absolute Gasteiger partial charge is 0.368 e. The largest absolute Gasteiger partial charge is 0.517 e. The lowest BCUT2D eigenvalue weighted by molar-refractivity contribution is -0.257. The van der Waals surface area contributed by atoms with Crippen molar-refractivity contribution in [1.82, 2.24) is 0 Å². The average molecular weight is 218 g/mol. The van der Waals surface area contributed by atoms with Crippen molar-refractivity contribution in [3.63, 3.8) is 0 Å². The van der Waals surface area contributed by atoms with Gasteiger partial charge in [-0.2, -0.15) is 17.6 Å². The molecule has 0 aromatic heterocycles. The number of carbonyl (C=O) groups excluding carboxylic acids is 1. The van der Waals surface area contributed by atoms with E-state index in [1.54, 1.807) is 0 Å². The Morgan fingerprint density at radius 1 is 1.00 bits per heavy atom. The molecule has 0 heterocycles. The number of hydrogen-bond acceptors (Lipinski definition) is 3. The molecule has 0 N–H and O–H groups in total. The van der Waals surface area contributed by atoms with Gasteiger partial charge < -0.3 is 9.47 Å². The van der Waals surface area contributed by atoms with Gasteiger partial charge in [0, 0.05) is 12.8 Å². The van der Waals surface area contributed by atoms with E-state index in [4.69, 9.17) is 0 Å². The summed E-state index contributed by atoms with van der Waals surface area (Å²) in [6, 6.07) is 0. The number of carbonyl (C=O) groups is 1. The molecule has 0 aliphatic heterocycles. The van der Waals surface area contributed by atoms with E-state index >= 15 is 0 Å². The molecule has 0 unspecified atom stereocenters. The van der Waals surface area contributed by atoms with Gasteiger partial charge in [0.25, 0.3) is 0 Å². The predicted octanol–water partition coefficient (Wildman–Crippen LogP) is 3.15. The van der Waals surface area contributed by atoms with Crippen LogP contribution in [-0.2, 0) is 9.47 Å². The van der Waals surface area contributed by atoms with Crippen molar-refractivity contribution in [3.8, 4) is 0 Å². The molecule has 14 heavy (non-hydrogen) atoms. The summed E-state index contributed by atoms with van der Waals surface area (Å²) in [7, 11) is 0. The molecule has 7 heteroatoms. The molecular formula is C7H10F4O3. The van der Waals surface area contributed by atoms with Crippen LogP contribution in [0.5, 0.6) is 0 Å². The van der Waals surface area contributed by atoms with Crippen molar-refractivity contribution in [2.45, 2.75) is 38.9 Å². The Labute approximate surface area is 78.0 Å². The van der Waals surface area contributed by atoms with E-state index in [0.29, 0.717) is 0 Å². The normalized spacial score (nSPS) is 12.4. The average Bonchev–Trinajstić information content (AvgIpc) is 2.02. The first kappa shape index (κ1) is 13.0. The van der Waals surface area contributed by atoms with Gasteiger partial charge in [-0.15, -0.1) is 0 Å². The zero-order valence-corrected chi connectivity index (χ0v) is 7.65. The van der Waals surface area contributed by atoms with Crippen LogP contribution in [0.3, 0.4) is 0 Å². The summed E-state index contributed by atoms with van der Waals surface area (Å²) in [5, 5.41) is 0. The molecule has 0 fully saturated rings. The number of halogens is 4. The van der Waals surface area contributed by atoms with Crippen LogP contribution < -0.4 is 0 Å². The fraction of sp³-hybridized carbons (Fsp3) is 0.857. The molecule has 0 aromatic rings. The minimum Gasteiger partial charge on any atom is -0.368 e. The lowest BCUT2D eigenvalue weighted by atomic mass is 10.5. The second-order valence-electron chi connectivity index (χ2n) is 2.44. The number of rotatable bonds is 4. The second kappa shape index (κ2) is 4.47. The van der Waals surface area contributed by atoms with E-state index in [9.17, 15) is 22.4 Å². The van der Waals surface area contributed by atoms with Crippen molar-refractivity contribution in [3.05, 3.63) is 0 Å². The molecule has 84 valence electrons. The van der Waals surface area contributed by atoms with Crippen LogP contribution in [0.4, 0.5) is 22.4 Å². The Balaban J connectivity index is 4.12. The van der Waals surface area contributed by atoms with E-state index in [1.165, 1.54) is 0 Å². The molecule has 0 amide bonds. The zero-order chi connectivity index (χ0) is 11.4. The van der Waals surface area contributed by atoms with Crippen molar-refractivity contribution < 1.29 is 31.8 Å². The first-order valence-corrected chi connectivity index (χ1v) is 3.90. The van der Waals surface area contributed by atoms with Crippen LogP contribution in [0.2, 0.25) is 0 Å². The first-order chi connectivity index (χ1) is 6.22. The van der Waals surface area contributed by atoms with Gasteiger partial charge in [0.05, 0.1) is 0 Å². The Morgan fingerprint density at radius 3 is 1.50 bits per heavy atom. The minimum absolute atomic E-state index is 0.806. The SMILES string of the molecule is CCC(F)(F)OC(=O)OC(F)(F)CC. The molecule has 0 radical (unpaired) electrons. The van der Waals surface area contributed by atoms with Crippen molar-refractivity contribution in [2.24, 2.45) is 0 Å². The van der Waals surface area contributed by atoms with Gasteiger partial charge >= 0.3 is 18.4 Å². The van der Waals surface area contributed by atoms with Crippen LogP contribution in [-0.4, -0.2) is 18.4 Å². The third kappa shape index (κ3) is 4.88. The van der Waals surface area contributed by atoms with Crippen LogP contribution in [0.15, 0.2) is 0 Å². The molecule has 0 aliphatic carbocycles. The summed E-state index contributed by atoms with van der Waals surface area (Å²) in [6.07, 6.45) is -11.2. The Morgan fingerprint density at radius 2 is 1.29 bits per heavy atom. The van der Waals surface area contributed by atoms with Crippen LogP contribution in [0, 0.1) is 0 Å². The Bertz CT molecular complexity index is 185. The molecular weight excluding hydrogens is 208 g/mol. The summed E-state index contributed by atoms with van der Waals surface area (Å²) in [5.74, 6) is 0. The maximum absolute atomic E-state index is 12.3.